The van der Waals surface area contributed by atoms with Gasteiger partial charge in [0.2, 0.25) is 5.91 Å². The molecule has 0 aromatic heterocycles. The van der Waals surface area contributed by atoms with E-state index in [9.17, 15) is 14.4 Å². The number of carbonyl (C=O) groups excluding carboxylic acids is 3. The van der Waals surface area contributed by atoms with Crippen LogP contribution in [-0.2, 0) is 28.9 Å². The summed E-state index contributed by atoms with van der Waals surface area (Å²) in [6.45, 7) is 7.13. The summed E-state index contributed by atoms with van der Waals surface area (Å²) in [6.07, 6.45) is 2.79. The molecule has 0 radical (unpaired) electrons. The Morgan fingerprint density at radius 1 is 0.723 bits per heavy atom. The van der Waals surface area contributed by atoms with Crippen LogP contribution in [0.4, 0.5) is 9.59 Å². The number of benzene rings is 3. The molecule has 0 unspecified atom stereocenters. The summed E-state index contributed by atoms with van der Waals surface area (Å²) < 4.78 is 10.5. The van der Waals surface area contributed by atoms with Gasteiger partial charge in [0, 0.05) is 32.2 Å². The zero-order valence-electron chi connectivity index (χ0n) is 28.1. The number of ether oxygens (including phenoxy) is 2. The van der Waals surface area contributed by atoms with Crippen LogP contribution in [0.15, 0.2) is 84.9 Å². The third-order valence-corrected chi connectivity index (χ3v) is 7.34. The van der Waals surface area contributed by atoms with Gasteiger partial charge >= 0.3 is 12.1 Å². The first-order valence-electron chi connectivity index (χ1n) is 16.3. The number of urea groups is 1. The van der Waals surface area contributed by atoms with Gasteiger partial charge in [-0.1, -0.05) is 72.8 Å². The molecule has 0 saturated heterocycles. The summed E-state index contributed by atoms with van der Waals surface area (Å²) >= 11 is 0. The van der Waals surface area contributed by atoms with Gasteiger partial charge in [-0.15, -0.1) is 0 Å². The van der Waals surface area contributed by atoms with Gasteiger partial charge in [0.25, 0.3) is 0 Å². The van der Waals surface area contributed by atoms with Crippen LogP contribution in [-0.4, -0.2) is 62.5 Å². The monoisotopic (exact) mass is 645 g/mol. The molecule has 0 fully saturated rings. The van der Waals surface area contributed by atoms with Crippen molar-refractivity contribution in [3.63, 3.8) is 0 Å². The number of rotatable bonds is 18. The van der Waals surface area contributed by atoms with Gasteiger partial charge in [0.05, 0.1) is 13.2 Å². The number of hydrogen-bond donors (Lipinski definition) is 5. The van der Waals surface area contributed by atoms with Crippen LogP contribution in [0.5, 0.6) is 5.75 Å². The van der Waals surface area contributed by atoms with E-state index in [2.05, 4.69) is 26.6 Å². The molecular formula is C37H51N5O5. The molecule has 3 aromatic rings. The third-order valence-electron chi connectivity index (χ3n) is 7.34. The van der Waals surface area contributed by atoms with Crippen molar-refractivity contribution in [2.75, 3.05) is 26.7 Å². The third kappa shape index (κ3) is 15.5. The van der Waals surface area contributed by atoms with Crippen LogP contribution in [0, 0.1) is 0 Å². The van der Waals surface area contributed by atoms with E-state index in [4.69, 9.17) is 9.47 Å². The van der Waals surface area contributed by atoms with Gasteiger partial charge in [0.1, 0.15) is 11.4 Å². The fourth-order valence-corrected chi connectivity index (χ4v) is 4.94. The molecule has 10 nitrogen and oxygen atoms in total. The summed E-state index contributed by atoms with van der Waals surface area (Å²) in [5.74, 6) is 0.678. The number of amides is 4. The van der Waals surface area contributed by atoms with Crippen molar-refractivity contribution in [2.45, 2.75) is 77.1 Å². The predicted octanol–water partition coefficient (Wildman–Crippen LogP) is 5.12. The molecule has 0 aliphatic rings. The van der Waals surface area contributed by atoms with E-state index in [0.717, 1.165) is 22.4 Å². The minimum atomic E-state index is -0.564. The Hall–Kier alpha value is -4.57. The normalized spacial score (nSPS) is 12.3. The highest BCUT2D eigenvalue weighted by Gasteiger charge is 2.23. The maximum absolute atomic E-state index is 13.5. The SMILES string of the molecule is COc1ccc(CCNC(=O)NC[C@H](Cc2ccccc2)N[C@@H](CCCCNC(=O)OC(C)(C)C)C(=O)NCc2ccccc2)cc1. The summed E-state index contributed by atoms with van der Waals surface area (Å²) in [6, 6.07) is 26.6. The average molecular weight is 646 g/mol. The van der Waals surface area contributed by atoms with Gasteiger partial charge in [0.15, 0.2) is 0 Å². The Kier molecular flexibility index (Phi) is 15.6. The highest BCUT2D eigenvalue weighted by atomic mass is 16.6. The van der Waals surface area contributed by atoms with Crippen LogP contribution in [0.2, 0.25) is 0 Å². The average Bonchev–Trinajstić information content (AvgIpc) is 3.05. The quantitative estimate of drug-likeness (QED) is 0.122. The van der Waals surface area contributed by atoms with Crippen molar-refractivity contribution in [3.05, 3.63) is 102 Å². The first-order chi connectivity index (χ1) is 22.6. The van der Waals surface area contributed by atoms with Crippen molar-refractivity contribution in [2.24, 2.45) is 0 Å². The second kappa shape index (κ2) is 19.8. The van der Waals surface area contributed by atoms with Gasteiger partial charge in [-0.25, -0.2) is 9.59 Å². The predicted molar refractivity (Wildman–Crippen MR) is 185 cm³/mol. The number of unbranched alkanes of at least 4 members (excludes halogenated alkanes) is 1. The topological polar surface area (TPSA) is 130 Å². The van der Waals surface area contributed by atoms with E-state index in [1.807, 2.05) is 106 Å². The van der Waals surface area contributed by atoms with Gasteiger partial charge < -0.3 is 36.1 Å². The molecular weight excluding hydrogens is 594 g/mol. The van der Waals surface area contributed by atoms with Crippen molar-refractivity contribution in [1.82, 2.24) is 26.6 Å². The van der Waals surface area contributed by atoms with Gasteiger partial charge in [-0.05, 0) is 81.7 Å². The van der Waals surface area contributed by atoms with Crippen LogP contribution in [0.1, 0.15) is 56.7 Å². The lowest BCUT2D eigenvalue weighted by Crippen LogP contribution is -2.53. The molecule has 254 valence electrons. The molecule has 3 aromatic carbocycles. The molecule has 0 heterocycles. The smallest absolute Gasteiger partial charge is 0.407 e. The van der Waals surface area contributed by atoms with E-state index < -0.39 is 17.7 Å². The van der Waals surface area contributed by atoms with Gasteiger partial charge in [-0.2, -0.15) is 0 Å². The standard InChI is InChI=1S/C37H51N5O5/c1-37(2,3)47-36(45)39-23-12-11-17-33(34(43)40-26-30-15-9-6-10-16-30)42-31(25-29-13-7-5-8-14-29)27-41-35(44)38-24-22-28-18-20-32(46-4)21-19-28/h5-10,13-16,18-21,31,33,42H,11-12,17,22-27H2,1-4H3,(H,39,45)(H,40,43)(H2,38,41,44)/t31-,33-/m0/s1. The molecule has 2 atom stereocenters. The lowest BCUT2D eigenvalue weighted by Gasteiger charge is -2.26. The van der Waals surface area contributed by atoms with E-state index in [1.165, 1.54) is 0 Å². The van der Waals surface area contributed by atoms with Crippen LogP contribution >= 0.6 is 0 Å². The van der Waals surface area contributed by atoms with E-state index >= 15 is 0 Å². The molecule has 0 saturated carbocycles. The molecule has 0 bridgehead atoms. The summed E-state index contributed by atoms with van der Waals surface area (Å²) in [5, 5.41) is 15.3. The Bertz CT molecular complexity index is 1350. The number of carbonyl (C=O) groups is 3. The lowest BCUT2D eigenvalue weighted by atomic mass is 10.0. The fourth-order valence-electron chi connectivity index (χ4n) is 4.94. The zero-order chi connectivity index (χ0) is 33.9. The molecule has 5 N–H and O–H groups in total. The molecule has 10 heteroatoms. The minimum absolute atomic E-state index is 0.115. The van der Waals surface area contributed by atoms with E-state index in [0.29, 0.717) is 58.3 Å². The van der Waals surface area contributed by atoms with E-state index in [-0.39, 0.29) is 18.0 Å². The number of alkyl carbamates (subject to hydrolysis) is 1. The van der Waals surface area contributed by atoms with Crippen molar-refractivity contribution in [1.29, 1.82) is 0 Å². The molecule has 4 amide bonds. The highest BCUT2D eigenvalue weighted by Crippen LogP contribution is 2.12. The second-order valence-electron chi connectivity index (χ2n) is 12.5. The first-order valence-corrected chi connectivity index (χ1v) is 16.3. The number of hydrogen-bond acceptors (Lipinski definition) is 6. The Morgan fingerprint density at radius 2 is 1.38 bits per heavy atom. The largest absolute Gasteiger partial charge is 0.497 e. The number of methoxy groups -OCH3 is 1. The molecule has 0 aliphatic carbocycles. The van der Waals surface area contributed by atoms with Crippen molar-refractivity contribution >= 4 is 18.0 Å². The number of nitrogens with one attached hydrogen (secondary N) is 5. The molecule has 0 aliphatic heterocycles. The van der Waals surface area contributed by atoms with Crippen LogP contribution < -0.4 is 31.3 Å². The van der Waals surface area contributed by atoms with Crippen LogP contribution in [0.3, 0.4) is 0 Å². The Morgan fingerprint density at radius 3 is 2.02 bits per heavy atom. The minimum Gasteiger partial charge on any atom is -0.497 e. The maximum atomic E-state index is 13.5. The fraction of sp³-hybridized carbons (Fsp3) is 0.432. The summed E-state index contributed by atoms with van der Waals surface area (Å²) in [4.78, 5) is 38.3. The summed E-state index contributed by atoms with van der Waals surface area (Å²) in [5.41, 5.74) is 2.64. The zero-order valence-corrected chi connectivity index (χ0v) is 28.1. The lowest BCUT2D eigenvalue weighted by molar-refractivity contribution is -0.123. The molecule has 0 spiro atoms. The Labute approximate surface area is 279 Å². The second-order valence-corrected chi connectivity index (χ2v) is 12.5. The molecule has 3 rings (SSSR count). The molecule has 47 heavy (non-hydrogen) atoms. The van der Waals surface area contributed by atoms with Gasteiger partial charge in [-0.3, -0.25) is 4.79 Å². The highest BCUT2D eigenvalue weighted by molar-refractivity contribution is 5.81. The Balaban J connectivity index is 1.59. The maximum Gasteiger partial charge on any atom is 0.407 e. The van der Waals surface area contributed by atoms with E-state index in [1.54, 1.807) is 7.11 Å². The van der Waals surface area contributed by atoms with Crippen LogP contribution in [0.25, 0.3) is 0 Å². The van der Waals surface area contributed by atoms with Crippen molar-refractivity contribution < 1.29 is 23.9 Å². The first kappa shape index (κ1) is 36.9. The summed E-state index contributed by atoms with van der Waals surface area (Å²) in [7, 11) is 1.63. The van der Waals surface area contributed by atoms with Crippen molar-refractivity contribution in [3.8, 4) is 5.75 Å².